The summed E-state index contributed by atoms with van der Waals surface area (Å²) in [7, 11) is 0. The van der Waals surface area contributed by atoms with Crippen LogP contribution in [0.15, 0.2) is 52.1 Å². The lowest BCUT2D eigenvalue weighted by Gasteiger charge is -2.33. The number of aromatic nitrogens is 3. The number of hydrogen-bond donors (Lipinski definition) is 2. The monoisotopic (exact) mass is 431 g/mol. The topological polar surface area (TPSA) is 78.6 Å². The van der Waals surface area contributed by atoms with Crippen LogP contribution in [0.1, 0.15) is 60.7 Å². The van der Waals surface area contributed by atoms with Gasteiger partial charge in [-0.25, -0.2) is 9.78 Å². The number of hydrogen-bond acceptors (Lipinski definition) is 3. The Morgan fingerprint density at radius 3 is 2.48 bits per heavy atom. The highest BCUT2D eigenvalue weighted by Gasteiger charge is 2.33. The van der Waals surface area contributed by atoms with E-state index in [0.29, 0.717) is 17.5 Å². The molecule has 2 N–H and O–H groups in total. The first-order valence-electron chi connectivity index (χ1n) is 10.5. The van der Waals surface area contributed by atoms with Gasteiger partial charge in [-0.15, -0.1) is 0 Å². The molecule has 164 valence electrons. The maximum Gasteiger partial charge on any atom is 0.433 e. The van der Waals surface area contributed by atoms with Gasteiger partial charge in [0.1, 0.15) is 5.69 Å². The summed E-state index contributed by atoms with van der Waals surface area (Å²) in [5, 5.41) is 0. The van der Waals surface area contributed by atoms with Crippen LogP contribution in [0, 0.1) is 11.8 Å². The first-order valence-corrected chi connectivity index (χ1v) is 10.5. The fourth-order valence-electron chi connectivity index (χ4n) is 4.76. The number of rotatable bonds is 4. The van der Waals surface area contributed by atoms with Crippen molar-refractivity contribution >= 4 is 0 Å². The minimum absolute atomic E-state index is 0.00448. The third kappa shape index (κ3) is 4.89. The standard InChI is InChI=1S/C23H24F3N3O2/c24-23(25,26)19-8-4-7-17(27-19)13-18-20(28-22(31)29-21(18)30)16-11-9-15(10-12-16)14-5-2-1-3-6-14/h1-5,7-8,14-16H,6,9-13H2,(H2,28,29,30,31)/t14?,15-,16-. The molecule has 5 nitrogen and oxygen atoms in total. The third-order valence-electron chi connectivity index (χ3n) is 6.33. The molecule has 0 saturated heterocycles. The maximum absolute atomic E-state index is 13.0. The van der Waals surface area contributed by atoms with E-state index in [-0.39, 0.29) is 23.6 Å². The molecule has 0 radical (unpaired) electrons. The van der Waals surface area contributed by atoms with E-state index in [1.165, 1.54) is 12.1 Å². The van der Waals surface area contributed by atoms with Gasteiger partial charge in [0.15, 0.2) is 0 Å². The van der Waals surface area contributed by atoms with Crippen molar-refractivity contribution in [3.8, 4) is 0 Å². The van der Waals surface area contributed by atoms with Gasteiger partial charge >= 0.3 is 11.9 Å². The number of H-pyrrole nitrogens is 2. The Balaban J connectivity index is 1.57. The van der Waals surface area contributed by atoms with Gasteiger partial charge in [0, 0.05) is 23.4 Å². The molecule has 0 spiro atoms. The molecule has 0 aromatic carbocycles. The van der Waals surface area contributed by atoms with Crippen molar-refractivity contribution in [2.24, 2.45) is 11.8 Å². The summed E-state index contributed by atoms with van der Waals surface area (Å²) in [6.45, 7) is 0. The number of nitrogens with one attached hydrogen (secondary N) is 2. The zero-order valence-electron chi connectivity index (χ0n) is 16.9. The van der Waals surface area contributed by atoms with Gasteiger partial charge in [-0.2, -0.15) is 13.2 Å². The molecule has 2 aromatic rings. The molecule has 2 aliphatic rings. The maximum atomic E-state index is 13.0. The lowest BCUT2D eigenvalue weighted by Crippen LogP contribution is -2.31. The quantitative estimate of drug-likeness (QED) is 0.750. The molecule has 2 aliphatic carbocycles. The number of halogens is 3. The Kier molecular flexibility index (Phi) is 5.98. The van der Waals surface area contributed by atoms with E-state index in [9.17, 15) is 22.8 Å². The highest BCUT2D eigenvalue weighted by Crippen LogP contribution is 2.40. The molecule has 0 aliphatic heterocycles. The van der Waals surface area contributed by atoms with Gasteiger partial charge in [0.25, 0.3) is 5.56 Å². The molecule has 0 bridgehead atoms. The Labute approximate surface area is 177 Å². The average molecular weight is 431 g/mol. The number of allylic oxidation sites excluding steroid dienone is 4. The average Bonchev–Trinajstić information content (AvgIpc) is 2.76. The predicted molar refractivity (Wildman–Crippen MR) is 111 cm³/mol. The van der Waals surface area contributed by atoms with Crippen LogP contribution < -0.4 is 11.2 Å². The van der Waals surface area contributed by atoms with Crippen LogP contribution >= 0.6 is 0 Å². The van der Waals surface area contributed by atoms with Crippen molar-refractivity contribution in [1.82, 2.24) is 15.0 Å². The summed E-state index contributed by atoms with van der Waals surface area (Å²) < 4.78 is 39.0. The van der Waals surface area contributed by atoms with Crippen LogP contribution in [-0.4, -0.2) is 15.0 Å². The molecular formula is C23H24F3N3O2. The van der Waals surface area contributed by atoms with Crippen molar-refractivity contribution < 1.29 is 13.2 Å². The Morgan fingerprint density at radius 2 is 1.81 bits per heavy atom. The summed E-state index contributed by atoms with van der Waals surface area (Å²) in [5.74, 6) is 1.06. The van der Waals surface area contributed by atoms with Gasteiger partial charge in [-0.1, -0.05) is 30.4 Å². The summed E-state index contributed by atoms with van der Waals surface area (Å²) in [6.07, 6.45) is 8.54. The van der Waals surface area contributed by atoms with Gasteiger partial charge in [0.2, 0.25) is 0 Å². The van der Waals surface area contributed by atoms with Crippen LogP contribution in [0.4, 0.5) is 13.2 Å². The van der Waals surface area contributed by atoms with E-state index in [4.69, 9.17) is 0 Å². The molecule has 2 aromatic heterocycles. The number of nitrogens with zero attached hydrogens (tertiary/aromatic N) is 1. The zero-order chi connectivity index (χ0) is 22.0. The Hall–Kier alpha value is -2.90. The molecule has 4 rings (SSSR count). The van der Waals surface area contributed by atoms with Crippen LogP contribution in [0.25, 0.3) is 0 Å². The van der Waals surface area contributed by atoms with Crippen LogP contribution in [0.3, 0.4) is 0 Å². The van der Waals surface area contributed by atoms with Crippen LogP contribution in [0.2, 0.25) is 0 Å². The normalized spacial score (nSPS) is 23.8. The van der Waals surface area contributed by atoms with Gasteiger partial charge in [-0.3, -0.25) is 9.78 Å². The second-order valence-corrected chi connectivity index (χ2v) is 8.31. The van der Waals surface area contributed by atoms with Crippen LogP contribution in [0.5, 0.6) is 0 Å². The Bertz CT molecular complexity index is 1110. The summed E-state index contributed by atoms with van der Waals surface area (Å²) in [4.78, 5) is 33.2. The Morgan fingerprint density at radius 1 is 1.03 bits per heavy atom. The molecule has 1 fully saturated rings. The van der Waals surface area contributed by atoms with Crippen LogP contribution in [-0.2, 0) is 12.6 Å². The van der Waals surface area contributed by atoms with E-state index in [1.54, 1.807) is 0 Å². The molecule has 1 unspecified atom stereocenters. The van der Waals surface area contributed by atoms with E-state index in [0.717, 1.165) is 38.2 Å². The second-order valence-electron chi connectivity index (χ2n) is 8.31. The van der Waals surface area contributed by atoms with E-state index in [1.807, 2.05) is 0 Å². The molecule has 1 atom stereocenters. The van der Waals surface area contributed by atoms with Crippen molar-refractivity contribution in [2.45, 2.75) is 50.6 Å². The fourth-order valence-corrected chi connectivity index (χ4v) is 4.76. The fraction of sp³-hybridized carbons (Fsp3) is 0.435. The van der Waals surface area contributed by atoms with E-state index < -0.39 is 23.1 Å². The minimum Gasteiger partial charge on any atom is -0.311 e. The summed E-state index contributed by atoms with van der Waals surface area (Å²) in [6, 6.07) is 3.64. The lowest BCUT2D eigenvalue weighted by molar-refractivity contribution is -0.141. The molecule has 1 saturated carbocycles. The van der Waals surface area contributed by atoms with Crippen molar-refractivity contribution in [3.05, 3.63) is 86.0 Å². The summed E-state index contributed by atoms with van der Waals surface area (Å²) >= 11 is 0. The smallest absolute Gasteiger partial charge is 0.311 e. The molecule has 2 heterocycles. The SMILES string of the molecule is O=c1[nH]c(=O)c(Cc2cccc(C(F)(F)F)n2)c([C@H]2CC[C@H](C3C=CC=CC3)CC2)[nH]1. The summed E-state index contributed by atoms with van der Waals surface area (Å²) in [5.41, 5.74) is -1.20. The van der Waals surface area contributed by atoms with Crippen molar-refractivity contribution in [2.75, 3.05) is 0 Å². The molecule has 8 heteroatoms. The van der Waals surface area contributed by atoms with E-state index >= 15 is 0 Å². The van der Waals surface area contributed by atoms with Gasteiger partial charge in [0.05, 0.1) is 0 Å². The third-order valence-corrected chi connectivity index (χ3v) is 6.33. The number of pyridine rings is 1. The largest absolute Gasteiger partial charge is 0.433 e. The van der Waals surface area contributed by atoms with Crippen molar-refractivity contribution in [3.63, 3.8) is 0 Å². The molecular weight excluding hydrogens is 407 g/mol. The van der Waals surface area contributed by atoms with Crippen molar-refractivity contribution in [1.29, 1.82) is 0 Å². The first kappa shape index (κ1) is 21.3. The van der Waals surface area contributed by atoms with Gasteiger partial charge in [-0.05, 0) is 62.0 Å². The zero-order valence-corrected chi connectivity index (χ0v) is 16.9. The molecule has 31 heavy (non-hydrogen) atoms. The number of alkyl halides is 3. The lowest BCUT2D eigenvalue weighted by atomic mass is 9.72. The minimum atomic E-state index is -4.56. The first-order chi connectivity index (χ1) is 14.8. The predicted octanol–water partition coefficient (Wildman–Crippen LogP) is 4.47. The molecule has 0 amide bonds. The van der Waals surface area contributed by atoms with E-state index in [2.05, 4.69) is 39.3 Å². The van der Waals surface area contributed by atoms with Gasteiger partial charge < -0.3 is 4.98 Å². The highest BCUT2D eigenvalue weighted by atomic mass is 19.4. The second kappa shape index (κ2) is 8.69. The number of aromatic amines is 2. The highest BCUT2D eigenvalue weighted by molar-refractivity contribution is 5.27.